The van der Waals surface area contributed by atoms with Crippen molar-refractivity contribution in [1.29, 1.82) is 0 Å². The van der Waals surface area contributed by atoms with E-state index in [-0.39, 0.29) is 0 Å². The molecule has 0 saturated carbocycles. The molecule has 0 nitrogen and oxygen atoms in total. The molecule has 1 aliphatic heterocycles. The van der Waals surface area contributed by atoms with Crippen LogP contribution in [-0.2, 0) is 0 Å². The van der Waals surface area contributed by atoms with Crippen molar-refractivity contribution in [2.45, 2.75) is 25.4 Å². The Morgan fingerprint density at radius 3 is 1.78 bits per heavy atom. The van der Waals surface area contributed by atoms with Crippen LogP contribution in [0.3, 0.4) is 0 Å². The summed E-state index contributed by atoms with van der Waals surface area (Å²) in [5.74, 6) is 0. The first kappa shape index (κ1) is 7.55. The molecule has 0 aromatic carbocycles. The van der Waals surface area contributed by atoms with E-state index in [1.807, 2.05) is 23.5 Å². The van der Waals surface area contributed by atoms with Gasteiger partial charge in [0.25, 0.3) is 0 Å². The lowest BCUT2D eigenvalue weighted by Gasteiger charge is -2.24. The van der Waals surface area contributed by atoms with Crippen molar-refractivity contribution in [2.24, 2.45) is 5.41 Å². The number of thioether (sulfide) groups is 2. The van der Waals surface area contributed by atoms with Crippen molar-refractivity contribution >= 4 is 23.5 Å². The molecule has 0 N–H and O–H groups in total. The van der Waals surface area contributed by atoms with Gasteiger partial charge in [-0.2, -0.15) is 0 Å². The molecule has 1 rings (SSSR count). The number of hydrogen-bond donors (Lipinski definition) is 0. The zero-order valence-electron chi connectivity index (χ0n) is 6.05. The molecule has 0 aliphatic carbocycles. The topological polar surface area (TPSA) is 0 Å². The Hall–Kier alpha value is 0.440. The van der Waals surface area contributed by atoms with Crippen molar-refractivity contribution in [1.82, 2.24) is 0 Å². The first-order valence-corrected chi connectivity index (χ1v) is 4.95. The zero-order chi connectivity index (χ0) is 6.91. The molecule has 9 heavy (non-hydrogen) atoms. The van der Waals surface area contributed by atoms with Crippen molar-refractivity contribution in [3.63, 3.8) is 0 Å². The molecule has 2 heteroatoms. The van der Waals surface area contributed by atoms with Gasteiger partial charge in [0, 0.05) is 0 Å². The van der Waals surface area contributed by atoms with Crippen LogP contribution in [0.4, 0.5) is 0 Å². The van der Waals surface area contributed by atoms with Crippen molar-refractivity contribution in [3.8, 4) is 0 Å². The lowest BCUT2D eigenvalue weighted by molar-refractivity contribution is 0.461. The quantitative estimate of drug-likeness (QED) is 0.533. The van der Waals surface area contributed by atoms with Crippen LogP contribution in [0.5, 0.6) is 0 Å². The Bertz CT molecular complexity index is 113. The zero-order valence-corrected chi connectivity index (χ0v) is 7.68. The maximum absolute atomic E-state index is 2.28. The fraction of sp³-hybridized carbons (Fsp3) is 0.714. The summed E-state index contributed by atoms with van der Waals surface area (Å²) in [5, 5.41) is 4.36. The summed E-state index contributed by atoms with van der Waals surface area (Å²) in [6.07, 6.45) is 0. The van der Waals surface area contributed by atoms with Gasteiger partial charge < -0.3 is 0 Å². The van der Waals surface area contributed by atoms with Crippen LogP contribution in [0.2, 0.25) is 0 Å². The SMILES string of the molecule is CC(C)(C)C1SC=CS1. The highest BCUT2D eigenvalue weighted by Crippen LogP contribution is 2.44. The number of hydrogen-bond acceptors (Lipinski definition) is 2. The van der Waals surface area contributed by atoms with E-state index in [1.54, 1.807) is 0 Å². The molecule has 0 unspecified atom stereocenters. The average Bonchev–Trinajstić information content (AvgIpc) is 2.08. The van der Waals surface area contributed by atoms with E-state index in [1.165, 1.54) is 0 Å². The van der Waals surface area contributed by atoms with Crippen LogP contribution in [0.25, 0.3) is 0 Å². The van der Waals surface area contributed by atoms with E-state index in [9.17, 15) is 0 Å². The standard InChI is InChI=1S/C7H12S2/c1-7(2,3)6-8-4-5-9-6/h4-6H,1-3H3. The Balaban J connectivity index is 2.46. The highest BCUT2D eigenvalue weighted by molar-refractivity contribution is 8.22. The third-order valence-electron chi connectivity index (χ3n) is 1.17. The third kappa shape index (κ3) is 1.94. The van der Waals surface area contributed by atoms with Gasteiger partial charge in [-0.1, -0.05) is 20.8 Å². The Morgan fingerprint density at radius 2 is 1.56 bits per heavy atom. The molecule has 0 aromatic heterocycles. The maximum atomic E-state index is 2.28. The summed E-state index contributed by atoms with van der Waals surface area (Å²) in [6.45, 7) is 6.85. The van der Waals surface area contributed by atoms with Crippen molar-refractivity contribution in [2.75, 3.05) is 0 Å². The minimum atomic E-state index is 0.443. The van der Waals surface area contributed by atoms with Crippen LogP contribution in [0.1, 0.15) is 20.8 Å². The van der Waals surface area contributed by atoms with Crippen LogP contribution in [-0.4, -0.2) is 4.58 Å². The maximum Gasteiger partial charge on any atom is 0.0633 e. The molecule has 1 heterocycles. The summed E-state index contributed by atoms with van der Waals surface area (Å²) >= 11 is 3.86. The molecule has 0 saturated heterocycles. The fourth-order valence-electron chi connectivity index (χ4n) is 0.647. The van der Waals surface area contributed by atoms with Gasteiger partial charge in [0.2, 0.25) is 0 Å². The molecule has 0 amide bonds. The van der Waals surface area contributed by atoms with Crippen LogP contribution < -0.4 is 0 Å². The molecule has 0 bridgehead atoms. The highest BCUT2D eigenvalue weighted by atomic mass is 32.2. The highest BCUT2D eigenvalue weighted by Gasteiger charge is 2.26. The second-order valence-electron chi connectivity index (χ2n) is 3.24. The van der Waals surface area contributed by atoms with E-state index in [0.717, 1.165) is 4.58 Å². The summed E-state index contributed by atoms with van der Waals surface area (Å²) in [6, 6.07) is 0. The van der Waals surface area contributed by atoms with Gasteiger partial charge in [0.15, 0.2) is 0 Å². The van der Waals surface area contributed by atoms with E-state index in [4.69, 9.17) is 0 Å². The smallest absolute Gasteiger partial charge is 0.0633 e. The average molecular weight is 160 g/mol. The Kier molecular flexibility index (Phi) is 2.17. The summed E-state index contributed by atoms with van der Waals surface area (Å²) in [5.41, 5.74) is 0.443. The van der Waals surface area contributed by atoms with Gasteiger partial charge in [-0.15, -0.1) is 23.5 Å². The lowest BCUT2D eigenvalue weighted by Crippen LogP contribution is -2.16. The molecule has 0 spiro atoms. The van der Waals surface area contributed by atoms with E-state index in [2.05, 4.69) is 31.6 Å². The largest absolute Gasteiger partial charge is 0.118 e. The third-order valence-corrected chi connectivity index (χ3v) is 4.50. The minimum absolute atomic E-state index is 0.443. The molecular formula is C7H12S2. The van der Waals surface area contributed by atoms with Crippen molar-refractivity contribution in [3.05, 3.63) is 10.8 Å². The van der Waals surface area contributed by atoms with Crippen molar-refractivity contribution < 1.29 is 0 Å². The van der Waals surface area contributed by atoms with Crippen LogP contribution in [0.15, 0.2) is 10.8 Å². The monoisotopic (exact) mass is 160 g/mol. The first-order chi connectivity index (χ1) is 4.11. The van der Waals surface area contributed by atoms with E-state index >= 15 is 0 Å². The summed E-state index contributed by atoms with van der Waals surface area (Å²) in [7, 11) is 0. The number of rotatable bonds is 0. The van der Waals surface area contributed by atoms with Gasteiger partial charge in [-0.25, -0.2) is 0 Å². The Morgan fingerprint density at radius 1 is 1.11 bits per heavy atom. The fourth-order valence-corrected chi connectivity index (χ4v) is 2.90. The molecule has 0 radical (unpaired) electrons. The second-order valence-corrected chi connectivity index (χ2v) is 5.57. The normalized spacial score (nSPS) is 21.2. The van der Waals surface area contributed by atoms with Gasteiger partial charge in [0.1, 0.15) is 0 Å². The van der Waals surface area contributed by atoms with Gasteiger partial charge >= 0.3 is 0 Å². The first-order valence-electron chi connectivity index (χ1n) is 3.06. The summed E-state index contributed by atoms with van der Waals surface area (Å²) < 4.78 is 0.734. The predicted octanol–water partition coefficient (Wildman–Crippen LogP) is 3.31. The van der Waals surface area contributed by atoms with Gasteiger partial charge in [0.05, 0.1) is 4.58 Å². The van der Waals surface area contributed by atoms with E-state index in [0.29, 0.717) is 5.41 Å². The molecular weight excluding hydrogens is 148 g/mol. The molecule has 0 fully saturated rings. The van der Waals surface area contributed by atoms with E-state index < -0.39 is 0 Å². The van der Waals surface area contributed by atoms with Gasteiger partial charge in [-0.05, 0) is 16.2 Å². The predicted molar refractivity (Wildman–Crippen MR) is 47.6 cm³/mol. The lowest BCUT2D eigenvalue weighted by atomic mass is 10.0. The molecule has 0 aromatic rings. The molecule has 52 valence electrons. The second kappa shape index (κ2) is 2.59. The van der Waals surface area contributed by atoms with Gasteiger partial charge in [-0.3, -0.25) is 0 Å². The minimum Gasteiger partial charge on any atom is -0.118 e. The van der Waals surface area contributed by atoms with Crippen LogP contribution >= 0.6 is 23.5 Å². The summed E-state index contributed by atoms with van der Waals surface area (Å²) in [4.78, 5) is 0. The molecule has 1 aliphatic rings. The Labute approximate surface area is 65.5 Å². The molecule has 0 atom stereocenters. The van der Waals surface area contributed by atoms with Crippen LogP contribution in [0, 0.1) is 5.41 Å².